The number of carbonyl (C=O) groups is 1. The Bertz CT molecular complexity index is 709. The van der Waals surface area contributed by atoms with E-state index in [0.29, 0.717) is 24.5 Å². The van der Waals surface area contributed by atoms with Gasteiger partial charge in [-0.25, -0.2) is 5.43 Å². The minimum absolute atomic E-state index is 0.159. The number of hydrogen-bond donors (Lipinski definition) is 1. The number of nitrogens with zero attached hydrogens (tertiary/aromatic N) is 1. The molecule has 2 aromatic carbocycles. The number of benzene rings is 2. The zero-order valence-corrected chi connectivity index (χ0v) is 14.2. The zero-order valence-electron chi connectivity index (χ0n) is 14.2. The van der Waals surface area contributed by atoms with Crippen LogP contribution in [0, 0.1) is 6.92 Å². The molecule has 2 aromatic rings. The summed E-state index contributed by atoms with van der Waals surface area (Å²) in [5, 5.41) is 3.99. The van der Waals surface area contributed by atoms with Crippen LogP contribution >= 0.6 is 0 Å². The highest BCUT2D eigenvalue weighted by Gasteiger charge is 2.05. The topological polar surface area (TPSA) is 59.9 Å². The lowest BCUT2D eigenvalue weighted by atomic mass is 10.1. The van der Waals surface area contributed by atoms with Crippen LogP contribution in [0.1, 0.15) is 23.6 Å². The van der Waals surface area contributed by atoms with E-state index in [1.165, 1.54) is 5.56 Å². The number of amides is 1. The van der Waals surface area contributed by atoms with E-state index in [4.69, 9.17) is 9.47 Å². The molecule has 0 aliphatic carbocycles. The van der Waals surface area contributed by atoms with Gasteiger partial charge in [-0.1, -0.05) is 29.8 Å². The molecule has 0 fully saturated rings. The van der Waals surface area contributed by atoms with Crippen LogP contribution in [-0.4, -0.2) is 25.8 Å². The van der Waals surface area contributed by atoms with Crippen molar-refractivity contribution in [3.05, 3.63) is 59.2 Å². The van der Waals surface area contributed by atoms with Crippen molar-refractivity contribution in [3.63, 3.8) is 0 Å². The lowest BCUT2D eigenvalue weighted by molar-refractivity contribution is -0.120. The van der Waals surface area contributed by atoms with Gasteiger partial charge in [0.25, 0.3) is 0 Å². The first-order valence-electron chi connectivity index (χ1n) is 7.80. The van der Waals surface area contributed by atoms with Gasteiger partial charge in [0.05, 0.1) is 26.4 Å². The summed E-state index contributed by atoms with van der Waals surface area (Å²) in [7, 11) is 1.59. The highest BCUT2D eigenvalue weighted by atomic mass is 16.5. The number of ether oxygens (including phenoxy) is 2. The molecule has 1 N–H and O–H groups in total. The fourth-order valence-electron chi connectivity index (χ4n) is 2.15. The Labute approximate surface area is 142 Å². The summed E-state index contributed by atoms with van der Waals surface area (Å²) in [5.41, 5.74) is 5.46. The second-order valence-corrected chi connectivity index (χ2v) is 5.30. The molecule has 0 saturated carbocycles. The highest BCUT2D eigenvalue weighted by molar-refractivity contribution is 5.84. The predicted octanol–water partition coefficient (Wildman–Crippen LogP) is 3.10. The van der Waals surface area contributed by atoms with Crippen molar-refractivity contribution in [1.82, 2.24) is 5.43 Å². The minimum atomic E-state index is -0.159. The molecular weight excluding hydrogens is 304 g/mol. The maximum absolute atomic E-state index is 11.9. The molecule has 24 heavy (non-hydrogen) atoms. The Kier molecular flexibility index (Phi) is 6.37. The van der Waals surface area contributed by atoms with E-state index in [2.05, 4.69) is 10.5 Å². The maximum atomic E-state index is 11.9. The third-order valence-electron chi connectivity index (χ3n) is 3.38. The van der Waals surface area contributed by atoms with Crippen LogP contribution in [0.15, 0.2) is 47.6 Å². The Morgan fingerprint density at radius 2 is 1.92 bits per heavy atom. The second-order valence-electron chi connectivity index (χ2n) is 5.30. The van der Waals surface area contributed by atoms with Crippen LogP contribution < -0.4 is 14.9 Å². The summed E-state index contributed by atoms with van der Waals surface area (Å²) in [5.74, 6) is 1.15. The van der Waals surface area contributed by atoms with Gasteiger partial charge in [-0.2, -0.15) is 5.10 Å². The molecule has 126 valence electrons. The van der Waals surface area contributed by atoms with Crippen LogP contribution in [0.5, 0.6) is 11.5 Å². The van der Waals surface area contributed by atoms with Gasteiger partial charge >= 0.3 is 0 Å². The highest BCUT2D eigenvalue weighted by Crippen LogP contribution is 2.27. The maximum Gasteiger partial charge on any atom is 0.244 e. The van der Waals surface area contributed by atoms with Gasteiger partial charge in [0.2, 0.25) is 5.91 Å². The van der Waals surface area contributed by atoms with Crippen LogP contribution in [0.4, 0.5) is 0 Å². The van der Waals surface area contributed by atoms with Gasteiger partial charge in [-0.15, -0.1) is 0 Å². The normalized spacial score (nSPS) is 10.6. The number of hydrazone groups is 1. The molecule has 0 unspecified atom stereocenters. The van der Waals surface area contributed by atoms with Crippen molar-refractivity contribution < 1.29 is 14.3 Å². The minimum Gasteiger partial charge on any atom is -0.493 e. The molecule has 5 nitrogen and oxygen atoms in total. The van der Waals surface area contributed by atoms with Gasteiger partial charge in [-0.3, -0.25) is 4.79 Å². The number of carbonyl (C=O) groups excluding carboxylic acids is 1. The van der Waals surface area contributed by atoms with E-state index in [9.17, 15) is 4.79 Å². The average Bonchev–Trinajstić information content (AvgIpc) is 2.58. The molecule has 1 amide bonds. The molecular formula is C19H22N2O3. The van der Waals surface area contributed by atoms with Crippen molar-refractivity contribution >= 4 is 12.1 Å². The van der Waals surface area contributed by atoms with Gasteiger partial charge in [0, 0.05) is 0 Å². The summed E-state index contributed by atoms with van der Waals surface area (Å²) in [4.78, 5) is 11.9. The molecule has 0 aliphatic heterocycles. The fraction of sp³-hybridized carbons (Fsp3) is 0.263. The summed E-state index contributed by atoms with van der Waals surface area (Å²) >= 11 is 0. The summed E-state index contributed by atoms with van der Waals surface area (Å²) in [6.45, 7) is 4.50. The summed E-state index contributed by atoms with van der Waals surface area (Å²) in [6.07, 6.45) is 1.87. The molecule has 2 rings (SSSR count). The number of rotatable bonds is 7. The standard InChI is InChI=1S/C19H22N2O3/c1-4-24-17-10-9-16(11-18(17)23-3)13-20-21-19(22)12-15-7-5-14(2)6-8-15/h5-11,13H,4,12H2,1-3H3,(H,21,22)/b20-13+. The first kappa shape index (κ1) is 17.5. The molecule has 0 heterocycles. The van der Waals surface area contributed by atoms with E-state index < -0.39 is 0 Å². The van der Waals surface area contributed by atoms with Gasteiger partial charge in [0.1, 0.15) is 0 Å². The fourth-order valence-corrected chi connectivity index (χ4v) is 2.15. The first-order valence-corrected chi connectivity index (χ1v) is 7.80. The van der Waals surface area contributed by atoms with E-state index in [1.54, 1.807) is 19.4 Å². The van der Waals surface area contributed by atoms with Crippen molar-refractivity contribution in [3.8, 4) is 11.5 Å². The van der Waals surface area contributed by atoms with Gasteiger partial charge in [0.15, 0.2) is 11.5 Å². The quantitative estimate of drug-likeness (QED) is 0.628. The van der Waals surface area contributed by atoms with E-state index in [0.717, 1.165) is 11.1 Å². The molecule has 0 aromatic heterocycles. The van der Waals surface area contributed by atoms with Crippen LogP contribution in [0.3, 0.4) is 0 Å². The Balaban J connectivity index is 1.93. The van der Waals surface area contributed by atoms with Gasteiger partial charge < -0.3 is 9.47 Å². The third-order valence-corrected chi connectivity index (χ3v) is 3.38. The van der Waals surface area contributed by atoms with E-state index in [1.807, 2.05) is 50.2 Å². The van der Waals surface area contributed by atoms with Crippen LogP contribution in [0.2, 0.25) is 0 Å². The summed E-state index contributed by atoms with van der Waals surface area (Å²) in [6, 6.07) is 13.3. The molecule has 0 aliphatic rings. The van der Waals surface area contributed by atoms with E-state index >= 15 is 0 Å². The lowest BCUT2D eigenvalue weighted by Crippen LogP contribution is -2.19. The van der Waals surface area contributed by atoms with Crippen molar-refractivity contribution in [1.29, 1.82) is 0 Å². The Morgan fingerprint density at radius 3 is 2.58 bits per heavy atom. The molecule has 0 spiro atoms. The SMILES string of the molecule is CCOc1ccc(/C=N/NC(=O)Cc2ccc(C)cc2)cc1OC. The zero-order chi connectivity index (χ0) is 17.4. The summed E-state index contributed by atoms with van der Waals surface area (Å²) < 4.78 is 10.7. The third kappa shape index (κ3) is 5.12. The predicted molar refractivity (Wildman–Crippen MR) is 94.8 cm³/mol. The smallest absolute Gasteiger partial charge is 0.244 e. The number of hydrogen-bond acceptors (Lipinski definition) is 4. The molecule has 0 bridgehead atoms. The monoisotopic (exact) mass is 326 g/mol. The van der Waals surface area contributed by atoms with Gasteiger partial charge in [-0.05, 0) is 43.2 Å². The van der Waals surface area contributed by atoms with Crippen LogP contribution in [-0.2, 0) is 11.2 Å². The van der Waals surface area contributed by atoms with Crippen molar-refractivity contribution in [2.75, 3.05) is 13.7 Å². The molecule has 0 atom stereocenters. The number of methoxy groups -OCH3 is 1. The van der Waals surface area contributed by atoms with Crippen LogP contribution in [0.25, 0.3) is 0 Å². The van der Waals surface area contributed by atoms with E-state index in [-0.39, 0.29) is 5.91 Å². The largest absolute Gasteiger partial charge is 0.493 e. The Morgan fingerprint density at radius 1 is 1.17 bits per heavy atom. The average molecular weight is 326 g/mol. The molecule has 0 saturated heterocycles. The number of nitrogens with one attached hydrogen (secondary N) is 1. The second kappa shape index (κ2) is 8.72. The first-order chi connectivity index (χ1) is 11.6. The molecule has 5 heteroatoms. The van der Waals surface area contributed by atoms with Crippen molar-refractivity contribution in [2.45, 2.75) is 20.3 Å². The lowest BCUT2D eigenvalue weighted by Gasteiger charge is -2.09. The number of aryl methyl sites for hydroxylation is 1. The molecule has 0 radical (unpaired) electrons. The van der Waals surface area contributed by atoms with Crippen molar-refractivity contribution in [2.24, 2.45) is 5.10 Å². The Hall–Kier alpha value is -2.82.